The second kappa shape index (κ2) is 5.91. The summed E-state index contributed by atoms with van der Waals surface area (Å²) >= 11 is 0. The van der Waals surface area contributed by atoms with Crippen molar-refractivity contribution in [1.82, 2.24) is 4.98 Å². The van der Waals surface area contributed by atoms with Crippen LogP contribution in [0.15, 0.2) is 18.3 Å². The number of methoxy groups -OCH3 is 1. The maximum atomic E-state index is 11.8. The fourth-order valence-electron chi connectivity index (χ4n) is 0.870. The van der Waals surface area contributed by atoms with Crippen LogP contribution in [0.3, 0.4) is 0 Å². The van der Waals surface area contributed by atoms with Crippen molar-refractivity contribution >= 4 is 5.97 Å². The Morgan fingerprint density at radius 3 is 2.67 bits per heavy atom. The largest absolute Gasteiger partial charge is 0.468 e. The summed E-state index contributed by atoms with van der Waals surface area (Å²) in [6, 6.07) is 2.61. The fourth-order valence-corrected chi connectivity index (χ4v) is 0.870. The predicted octanol–water partition coefficient (Wildman–Crippen LogP) is 1.55. The number of carbonyl (C=O) groups excluding carboxylic acids is 1. The van der Waals surface area contributed by atoms with Gasteiger partial charge in [-0.25, -0.2) is 9.78 Å². The number of hydrogen-bond donors (Lipinski definition) is 0. The number of ether oxygens (including phenoxy) is 2. The van der Waals surface area contributed by atoms with E-state index in [4.69, 9.17) is 0 Å². The maximum absolute atomic E-state index is 11.8. The van der Waals surface area contributed by atoms with Crippen LogP contribution < -0.4 is 4.74 Å². The molecular formula is C11H8F3NO3. The molecule has 18 heavy (non-hydrogen) atoms. The minimum atomic E-state index is -4.41. The Labute approximate surface area is 101 Å². The monoisotopic (exact) mass is 259 g/mol. The summed E-state index contributed by atoms with van der Waals surface area (Å²) in [6.07, 6.45) is -3.22. The van der Waals surface area contributed by atoms with E-state index in [-0.39, 0.29) is 5.88 Å². The zero-order valence-electron chi connectivity index (χ0n) is 9.25. The first kappa shape index (κ1) is 13.8. The number of nitrogens with zero attached hydrogens (tertiary/aromatic N) is 1. The van der Waals surface area contributed by atoms with Gasteiger partial charge >= 0.3 is 12.1 Å². The van der Waals surface area contributed by atoms with Gasteiger partial charge in [0.25, 0.3) is 0 Å². The van der Waals surface area contributed by atoms with Crippen molar-refractivity contribution in [2.45, 2.75) is 6.18 Å². The molecular weight excluding hydrogens is 251 g/mol. The summed E-state index contributed by atoms with van der Waals surface area (Å²) < 4.78 is 44.2. The highest BCUT2D eigenvalue weighted by atomic mass is 19.4. The number of halogens is 3. The van der Waals surface area contributed by atoms with Crippen molar-refractivity contribution in [2.75, 3.05) is 13.7 Å². The van der Waals surface area contributed by atoms with Crippen molar-refractivity contribution in [2.24, 2.45) is 0 Å². The fraction of sp³-hybridized carbons (Fsp3) is 0.273. The zero-order chi connectivity index (χ0) is 13.6. The second-order valence-corrected chi connectivity index (χ2v) is 3.03. The zero-order valence-corrected chi connectivity index (χ0v) is 9.25. The van der Waals surface area contributed by atoms with E-state index in [0.717, 1.165) is 0 Å². The van der Waals surface area contributed by atoms with Gasteiger partial charge in [-0.2, -0.15) is 13.2 Å². The van der Waals surface area contributed by atoms with Gasteiger partial charge in [0.1, 0.15) is 0 Å². The van der Waals surface area contributed by atoms with Crippen molar-refractivity contribution < 1.29 is 27.4 Å². The molecule has 7 heteroatoms. The standard InChI is InChI=1S/C11H8F3NO3/c1-17-10(16)5-3-8-2-4-9(15-6-8)18-7-11(12,13)14/h2,4,6H,7H2,1H3. The van der Waals surface area contributed by atoms with Crippen LogP contribution in [0, 0.1) is 11.8 Å². The average Bonchev–Trinajstić information content (AvgIpc) is 2.33. The third kappa shape index (κ3) is 5.21. The van der Waals surface area contributed by atoms with Crippen LogP contribution in [0.1, 0.15) is 5.56 Å². The first-order chi connectivity index (χ1) is 8.40. The maximum Gasteiger partial charge on any atom is 0.422 e. The molecule has 0 amide bonds. The smallest absolute Gasteiger partial charge is 0.422 e. The molecule has 0 radical (unpaired) electrons. The molecule has 0 saturated carbocycles. The first-order valence-corrected chi connectivity index (χ1v) is 4.66. The summed E-state index contributed by atoms with van der Waals surface area (Å²) in [6.45, 7) is -1.41. The number of aromatic nitrogens is 1. The van der Waals surface area contributed by atoms with Gasteiger partial charge in [-0.15, -0.1) is 0 Å². The minimum absolute atomic E-state index is 0.170. The molecule has 1 aromatic rings. The van der Waals surface area contributed by atoms with Gasteiger partial charge in [-0.1, -0.05) is 5.92 Å². The minimum Gasteiger partial charge on any atom is -0.468 e. The molecule has 0 unspecified atom stereocenters. The Hall–Kier alpha value is -2.23. The van der Waals surface area contributed by atoms with E-state index < -0.39 is 18.8 Å². The van der Waals surface area contributed by atoms with Crippen LogP contribution in [-0.4, -0.2) is 30.8 Å². The molecule has 0 aliphatic carbocycles. The molecule has 0 fully saturated rings. The first-order valence-electron chi connectivity index (χ1n) is 4.66. The number of esters is 1. The Kier molecular flexibility index (Phi) is 4.54. The van der Waals surface area contributed by atoms with Crippen LogP contribution >= 0.6 is 0 Å². The van der Waals surface area contributed by atoms with Crippen molar-refractivity contribution in [3.8, 4) is 17.7 Å². The molecule has 4 nitrogen and oxygen atoms in total. The van der Waals surface area contributed by atoms with Crippen LogP contribution in [0.5, 0.6) is 5.88 Å². The van der Waals surface area contributed by atoms with Gasteiger partial charge in [-0.05, 0) is 6.07 Å². The molecule has 1 rings (SSSR count). The molecule has 0 bridgehead atoms. The Morgan fingerprint density at radius 2 is 2.17 bits per heavy atom. The summed E-state index contributed by atoms with van der Waals surface area (Å²) in [5.74, 6) is 3.70. The van der Waals surface area contributed by atoms with Crippen molar-refractivity contribution in [3.05, 3.63) is 23.9 Å². The molecule has 0 aliphatic rings. The Morgan fingerprint density at radius 1 is 1.44 bits per heavy atom. The average molecular weight is 259 g/mol. The number of hydrogen-bond acceptors (Lipinski definition) is 4. The summed E-state index contributed by atoms with van der Waals surface area (Å²) in [4.78, 5) is 14.3. The van der Waals surface area contributed by atoms with Gasteiger partial charge in [0.05, 0.1) is 7.11 Å². The lowest BCUT2D eigenvalue weighted by molar-refractivity contribution is -0.154. The van der Waals surface area contributed by atoms with Gasteiger partial charge in [-0.3, -0.25) is 0 Å². The van der Waals surface area contributed by atoms with E-state index >= 15 is 0 Å². The molecule has 96 valence electrons. The lowest BCUT2D eigenvalue weighted by Crippen LogP contribution is -2.19. The molecule has 0 N–H and O–H groups in total. The SMILES string of the molecule is COC(=O)C#Cc1ccc(OCC(F)(F)F)nc1. The molecule has 0 saturated heterocycles. The Bertz CT molecular complexity index is 471. The van der Waals surface area contributed by atoms with Crippen molar-refractivity contribution in [1.29, 1.82) is 0 Å². The van der Waals surface area contributed by atoms with Gasteiger partial charge in [0.15, 0.2) is 6.61 Å². The quantitative estimate of drug-likeness (QED) is 0.597. The molecule has 0 aromatic carbocycles. The van der Waals surface area contributed by atoms with E-state index in [1.54, 1.807) is 0 Å². The van der Waals surface area contributed by atoms with Gasteiger partial charge in [0, 0.05) is 23.7 Å². The predicted molar refractivity (Wildman–Crippen MR) is 54.7 cm³/mol. The normalized spacial score (nSPS) is 10.2. The molecule has 1 aromatic heterocycles. The van der Waals surface area contributed by atoms with Crippen LogP contribution in [0.4, 0.5) is 13.2 Å². The molecule has 0 spiro atoms. The van der Waals surface area contributed by atoms with Gasteiger partial charge in [0.2, 0.25) is 5.88 Å². The number of rotatable bonds is 2. The molecule has 0 atom stereocenters. The molecule has 1 heterocycles. The summed E-state index contributed by atoms with van der Waals surface area (Å²) in [5.41, 5.74) is 0.361. The van der Waals surface area contributed by atoms with E-state index in [1.807, 2.05) is 0 Å². The van der Waals surface area contributed by atoms with Crippen LogP contribution in [-0.2, 0) is 9.53 Å². The second-order valence-electron chi connectivity index (χ2n) is 3.03. The molecule has 0 aliphatic heterocycles. The lowest BCUT2D eigenvalue weighted by Gasteiger charge is -2.07. The third-order valence-electron chi connectivity index (χ3n) is 1.61. The number of carbonyl (C=O) groups is 1. The number of pyridine rings is 1. The summed E-state index contributed by atoms with van der Waals surface area (Å²) in [5, 5.41) is 0. The topological polar surface area (TPSA) is 48.4 Å². The lowest BCUT2D eigenvalue weighted by atomic mass is 10.3. The van der Waals surface area contributed by atoms with E-state index in [9.17, 15) is 18.0 Å². The highest BCUT2D eigenvalue weighted by Crippen LogP contribution is 2.16. The Balaban J connectivity index is 2.62. The summed E-state index contributed by atoms with van der Waals surface area (Å²) in [7, 11) is 1.18. The highest BCUT2D eigenvalue weighted by molar-refractivity contribution is 5.88. The van der Waals surface area contributed by atoms with Gasteiger partial charge < -0.3 is 9.47 Å². The number of alkyl halides is 3. The van der Waals surface area contributed by atoms with Crippen molar-refractivity contribution in [3.63, 3.8) is 0 Å². The van der Waals surface area contributed by atoms with Crippen LogP contribution in [0.2, 0.25) is 0 Å². The van der Waals surface area contributed by atoms with Crippen LogP contribution in [0.25, 0.3) is 0 Å². The van der Waals surface area contributed by atoms with E-state index in [0.29, 0.717) is 5.56 Å². The third-order valence-corrected chi connectivity index (χ3v) is 1.61. The van der Waals surface area contributed by atoms with E-state index in [2.05, 4.69) is 26.3 Å². The highest BCUT2D eigenvalue weighted by Gasteiger charge is 2.28. The van der Waals surface area contributed by atoms with E-state index in [1.165, 1.54) is 25.4 Å².